The molecule has 1 N–H and O–H groups in total. The van der Waals surface area contributed by atoms with E-state index < -0.39 is 0 Å². The van der Waals surface area contributed by atoms with Gasteiger partial charge in [0, 0.05) is 35.7 Å². The number of rotatable bonds is 5. The first-order valence-corrected chi connectivity index (χ1v) is 8.39. The number of fused-ring (bicyclic) bond motifs is 1. The van der Waals surface area contributed by atoms with Gasteiger partial charge in [-0.25, -0.2) is 4.98 Å². The second-order valence-corrected chi connectivity index (χ2v) is 7.12. The Balaban J connectivity index is 1.82. The van der Waals surface area contributed by atoms with Gasteiger partial charge >= 0.3 is 0 Å². The van der Waals surface area contributed by atoms with Gasteiger partial charge in [0.1, 0.15) is 22.6 Å². The molecule has 2 aromatic rings. The number of ether oxygens (including phenoxy) is 2. The molecule has 118 valence electrons. The highest BCUT2D eigenvalue weighted by atomic mass is 32.1. The number of benzene rings is 1. The molecular weight excluding hydrogens is 296 g/mol. The van der Waals surface area contributed by atoms with Gasteiger partial charge in [0.25, 0.3) is 0 Å². The number of hydrogen-bond acceptors (Lipinski definition) is 5. The van der Waals surface area contributed by atoms with Crippen molar-refractivity contribution in [1.29, 1.82) is 0 Å². The van der Waals surface area contributed by atoms with Crippen LogP contribution in [0.2, 0.25) is 0 Å². The first-order valence-electron chi connectivity index (χ1n) is 7.51. The highest BCUT2D eigenvalue weighted by Crippen LogP contribution is 2.36. The lowest BCUT2D eigenvalue weighted by molar-refractivity contribution is 0.251. The van der Waals surface area contributed by atoms with E-state index in [2.05, 4.69) is 43.2 Å². The fraction of sp³-hybridized carbons (Fsp3) is 0.471. The molecule has 1 aromatic carbocycles. The van der Waals surface area contributed by atoms with Crippen LogP contribution in [-0.4, -0.2) is 18.2 Å². The van der Waals surface area contributed by atoms with E-state index in [0.717, 1.165) is 35.0 Å². The zero-order chi connectivity index (χ0) is 15.7. The highest BCUT2D eigenvalue weighted by Gasteiger charge is 2.26. The summed E-state index contributed by atoms with van der Waals surface area (Å²) >= 11 is 1.67. The molecule has 1 atom stereocenters. The first-order chi connectivity index (χ1) is 10.5. The molecule has 2 heterocycles. The Labute approximate surface area is 135 Å². The van der Waals surface area contributed by atoms with E-state index in [-0.39, 0.29) is 11.6 Å². The molecule has 22 heavy (non-hydrogen) atoms. The normalized spacial score (nSPS) is 17.2. The van der Waals surface area contributed by atoms with Crippen molar-refractivity contribution in [3.63, 3.8) is 0 Å². The Kier molecular flexibility index (Phi) is 4.10. The van der Waals surface area contributed by atoms with Crippen molar-refractivity contribution in [3.8, 4) is 11.5 Å². The van der Waals surface area contributed by atoms with E-state index in [9.17, 15) is 0 Å². The molecule has 4 nitrogen and oxygen atoms in total. The smallest absolute Gasteiger partial charge is 0.127 e. The van der Waals surface area contributed by atoms with Crippen molar-refractivity contribution in [1.82, 2.24) is 10.3 Å². The number of methoxy groups -OCH3 is 1. The summed E-state index contributed by atoms with van der Waals surface area (Å²) in [5.74, 6) is 1.90. The third-order valence-electron chi connectivity index (χ3n) is 3.97. The maximum Gasteiger partial charge on any atom is 0.127 e. The van der Waals surface area contributed by atoms with Crippen LogP contribution in [0.4, 0.5) is 0 Å². The molecule has 0 spiro atoms. The molecule has 3 rings (SSSR count). The van der Waals surface area contributed by atoms with Crippen LogP contribution in [0.3, 0.4) is 0 Å². The largest absolute Gasteiger partial charge is 0.497 e. The molecule has 0 bridgehead atoms. The fourth-order valence-corrected chi connectivity index (χ4v) is 3.49. The van der Waals surface area contributed by atoms with Gasteiger partial charge < -0.3 is 14.8 Å². The van der Waals surface area contributed by atoms with Crippen LogP contribution < -0.4 is 14.8 Å². The Morgan fingerprint density at radius 3 is 2.95 bits per heavy atom. The number of nitrogens with zero attached hydrogens (tertiary/aromatic N) is 1. The van der Waals surface area contributed by atoms with Crippen LogP contribution in [-0.2, 0) is 18.5 Å². The van der Waals surface area contributed by atoms with Crippen molar-refractivity contribution in [2.75, 3.05) is 7.11 Å². The summed E-state index contributed by atoms with van der Waals surface area (Å²) in [6.07, 6.45) is 3.01. The van der Waals surface area contributed by atoms with Crippen molar-refractivity contribution < 1.29 is 9.47 Å². The third kappa shape index (κ3) is 2.96. The minimum atomic E-state index is -0.172. The average Bonchev–Trinajstić information content (AvgIpc) is 3.13. The second-order valence-electron chi connectivity index (χ2n) is 6.22. The zero-order valence-corrected chi connectivity index (χ0v) is 14.3. The summed E-state index contributed by atoms with van der Waals surface area (Å²) in [5, 5.41) is 6.68. The quantitative estimate of drug-likeness (QED) is 0.916. The van der Waals surface area contributed by atoms with Crippen LogP contribution in [0.1, 0.15) is 36.9 Å². The number of thiazole rings is 1. The molecule has 5 heteroatoms. The van der Waals surface area contributed by atoms with Gasteiger partial charge in [0.2, 0.25) is 0 Å². The molecule has 0 radical (unpaired) electrons. The van der Waals surface area contributed by atoms with Crippen molar-refractivity contribution in [2.45, 2.75) is 45.4 Å². The molecule has 0 aliphatic carbocycles. The molecule has 1 aliphatic heterocycles. The molecular formula is C17H22N2O2S. The molecule has 0 saturated carbocycles. The molecule has 1 aliphatic rings. The van der Waals surface area contributed by atoms with Gasteiger partial charge in [-0.2, -0.15) is 0 Å². The van der Waals surface area contributed by atoms with Crippen LogP contribution in [0.15, 0.2) is 23.7 Å². The fourth-order valence-electron chi connectivity index (χ4n) is 2.75. The molecule has 0 amide bonds. The third-order valence-corrected chi connectivity index (χ3v) is 5.06. The topological polar surface area (TPSA) is 43.4 Å². The van der Waals surface area contributed by atoms with E-state index in [1.54, 1.807) is 18.4 Å². The predicted molar refractivity (Wildman–Crippen MR) is 88.8 cm³/mol. The summed E-state index contributed by atoms with van der Waals surface area (Å²) in [6.45, 7) is 7.12. The monoisotopic (exact) mass is 318 g/mol. The summed E-state index contributed by atoms with van der Waals surface area (Å²) in [7, 11) is 1.71. The van der Waals surface area contributed by atoms with Crippen molar-refractivity contribution in [2.24, 2.45) is 0 Å². The summed E-state index contributed by atoms with van der Waals surface area (Å²) in [5.41, 5.74) is 2.20. The number of aromatic nitrogens is 1. The number of hydrogen-bond donors (Lipinski definition) is 1. The van der Waals surface area contributed by atoms with Crippen molar-refractivity contribution in [3.05, 3.63) is 39.8 Å². The molecule has 0 saturated heterocycles. The maximum atomic E-state index is 5.98. The van der Waals surface area contributed by atoms with E-state index in [4.69, 9.17) is 9.47 Å². The van der Waals surface area contributed by atoms with Crippen LogP contribution in [0.25, 0.3) is 0 Å². The summed E-state index contributed by atoms with van der Waals surface area (Å²) < 4.78 is 11.4. The molecule has 1 aromatic heterocycles. The molecule has 0 fully saturated rings. The average molecular weight is 318 g/mol. The maximum absolute atomic E-state index is 5.98. The lowest BCUT2D eigenvalue weighted by atomic mass is 10.0. The van der Waals surface area contributed by atoms with Gasteiger partial charge in [-0.05, 0) is 32.9 Å². The first kappa shape index (κ1) is 15.3. The van der Waals surface area contributed by atoms with Crippen LogP contribution in [0.5, 0.6) is 11.5 Å². The van der Waals surface area contributed by atoms with Gasteiger partial charge in [-0.3, -0.25) is 0 Å². The lowest BCUT2D eigenvalue weighted by Crippen LogP contribution is -2.35. The Bertz CT molecular complexity index is 653. The van der Waals surface area contributed by atoms with Crippen molar-refractivity contribution >= 4 is 11.3 Å². The van der Waals surface area contributed by atoms with Crippen LogP contribution in [0, 0.1) is 0 Å². The van der Waals surface area contributed by atoms with E-state index in [1.807, 2.05) is 11.6 Å². The van der Waals surface area contributed by atoms with E-state index in [1.165, 1.54) is 5.56 Å². The van der Waals surface area contributed by atoms with Crippen LogP contribution >= 0.6 is 11.3 Å². The predicted octanol–water partition coefficient (Wildman–Crippen LogP) is 3.50. The minimum Gasteiger partial charge on any atom is -0.497 e. The SMILES string of the molecule is COc1cc(CNC(C)(C)c2nccs2)c2c(c1)CC(C)O2. The molecule has 1 unspecified atom stereocenters. The van der Waals surface area contributed by atoms with Gasteiger partial charge in [-0.15, -0.1) is 11.3 Å². The van der Waals surface area contributed by atoms with Gasteiger partial charge in [0.05, 0.1) is 12.6 Å². The zero-order valence-electron chi connectivity index (χ0n) is 13.5. The Morgan fingerprint density at radius 1 is 1.45 bits per heavy atom. The highest BCUT2D eigenvalue weighted by molar-refractivity contribution is 7.09. The standard InChI is InChI=1S/C17H22N2O2S/c1-11-7-12-8-14(20-4)9-13(15(12)21-11)10-19-17(2,3)16-18-5-6-22-16/h5-6,8-9,11,19H,7,10H2,1-4H3. The van der Waals surface area contributed by atoms with E-state index >= 15 is 0 Å². The Hall–Kier alpha value is -1.59. The Morgan fingerprint density at radius 2 is 2.27 bits per heavy atom. The van der Waals surface area contributed by atoms with Gasteiger partial charge in [-0.1, -0.05) is 0 Å². The van der Waals surface area contributed by atoms with E-state index in [0.29, 0.717) is 0 Å². The lowest BCUT2D eigenvalue weighted by Gasteiger charge is -2.24. The second kappa shape index (κ2) is 5.89. The summed E-state index contributed by atoms with van der Waals surface area (Å²) in [6, 6.07) is 4.14. The van der Waals surface area contributed by atoms with Gasteiger partial charge in [0.15, 0.2) is 0 Å². The summed E-state index contributed by atoms with van der Waals surface area (Å²) in [4.78, 5) is 4.42. The minimum absolute atomic E-state index is 0.172. The number of nitrogens with one attached hydrogen (secondary N) is 1.